The van der Waals surface area contributed by atoms with Crippen molar-refractivity contribution in [1.29, 1.82) is 0 Å². The largest absolute Gasteiger partial charge is 0.346 e. The fraction of sp³-hybridized carbons (Fsp3) is 0.333. The van der Waals surface area contributed by atoms with E-state index in [0.29, 0.717) is 16.7 Å². The fourth-order valence-corrected chi connectivity index (χ4v) is 3.66. The Morgan fingerprint density at radius 3 is 2.21 bits per heavy atom. The van der Waals surface area contributed by atoms with Gasteiger partial charge in [0.1, 0.15) is 0 Å². The van der Waals surface area contributed by atoms with Crippen LogP contribution in [0.1, 0.15) is 11.1 Å². The molecular weight excluding hydrogens is 392 g/mol. The zero-order valence-electron chi connectivity index (χ0n) is 16.2. The number of halogens is 1. The third kappa shape index (κ3) is 5.44. The van der Waals surface area contributed by atoms with Gasteiger partial charge in [-0.1, -0.05) is 29.8 Å². The summed E-state index contributed by atoms with van der Waals surface area (Å²) in [5.74, 6) is 0.0210. The number of thiocarbonyl (C=S) groups is 1. The second-order valence-corrected chi connectivity index (χ2v) is 7.84. The number of carbonyl (C=O) groups excluding carboxylic acids is 1. The van der Waals surface area contributed by atoms with Crippen molar-refractivity contribution >= 4 is 46.2 Å². The number of para-hydroxylation sites is 1. The zero-order chi connectivity index (χ0) is 20.1. The molecule has 0 aromatic heterocycles. The van der Waals surface area contributed by atoms with E-state index in [1.807, 2.05) is 56.3 Å². The Bertz CT molecular complexity index is 828. The van der Waals surface area contributed by atoms with Gasteiger partial charge in [0.05, 0.1) is 6.54 Å². The lowest BCUT2D eigenvalue weighted by Crippen LogP contribution is -2.51. The third-order valence-electron chi connectivity index (χ3n) is 4.87. The second kappa shape index (κ2) is 9.37. The number of rotatable bonds is 4. The lowest BCUT2D eigenvalue weighted by molar-refractivity contribution is -0.117. The Kier molecular flexibility index (Phi) is 6.88. The van der Waals surface area contributed by atoms with Crippen LogP contribution in [0.4, 0.5) is 11.4 Å². The molecule has 0 saturated carbocycles. The molecule has 2 aromatic rings. The monoisotopic (exact) mass is 416 g/mol. The molecule has 1 fully saturated rings. The van der Waals surface area contributed by atoms with Crippen LogP contribution in [-0.2, 0) is 4.79 Å². The molecule has 1 amide bonds. The minimum absolute atomic E-state index is 0.0210. The number of benzene rings is 2. The van der Waals surface area contributed by atoms with E-state index in [9.17, 15) is 4.79 Å². The van der Waals surface area contributed by atoms with Crippen LogP contribution in [0.2, 0.25) is 5.02 Å². The van der Waals surface area contributed by atoms with E-state index < -0.39 is 0 Å². The number of nitrogens with one attached hydrogen (secondary N) is 2. The molecule has 0 bridgehead atoms. The van der Waals surface area contributed by atoms with Crippen LogP contribution < -0.4 is 10.6 Å². The van der Waals surface area contributed by atoms with Crippen LogP contribution in [0.25, 0.3) is 0 Å². The first-order valence-corrected chi connectivity index (χ1v) is 10.1. The van der Waals surface area contributed by atoms with Gasteiger partial charge in [0.15, 0.2) is 5.11 Å². The molecule has 28 heavy (non-hydrogen) atoms. The van der Waals surface area contributed by atoms with Crippen molar-refractivity contribution in [2.75, 3.05) is 43.4 Å². The molecular formula is C21H25ClN4OS. The predicted molar refractivity (Wildman–Crippen MR) is 120 cm³/mol. The summed E-state index contributed by atoms with van der Waals surface area (Å²) in [5, 5.41) is 7.69. The van der Waals surface area contributed by atoms with Gasteiger partial charge in [-0.2, -0.15) is 0 Å². The Balaban J connectivity index is 1.46. The fourth-order valence-electron chi connectivity index (χ4n) is 3.24. The third-order valence-corrected chi connectivity index (χ3v) is 5.48. The van der Waals surface area contributed by atoms with Gasteiger partial charge in [-0.25, -0.2) is 0 Å². The van der Waals surface area contributed by atoms with Crippen molar-refractivity contribution in [3.05, 3.63) is 58.6 Å². The number of amides is 1. The van der Waals surface area contributed by atoms with Crippen LogP contribution >= 0.6 is 23.8 Å². The van der Waals surface area contributed by atoms with Gasteiger partial charge in [0.25, 0.3) is 0 Å². The Hall–Kier alpha value is -2.15. The summed E-state index contributed by atoms with van der Waals surface area (Å²) in [4.78, 5) is 16.7. The van der Waals surface area contributed by atoms with Gasteiger partial charge in [0, 0.05) is 42.6 Å². The van der Waals surface area contributed by atoms with Gasteiger partial charge in [-0.05, 0) is 61.5 Å². The summed E-state index contributed by atoms with van der Waals surface area (Å²) < 4.78 is 0. The first-order valence-electron chi connectivity index (χ1n) is 9.32. The number of aryl methyl sites for hydroxylation is 2. The maximum Gasteiger partial charge on any atom is 0.238 e. The van der Waals surface area contributed by atoms with E-state index >= 15 is 0 Å². The molecule has 2 N–H and O–H groups in total. The van der Waals surface area contributed by atoms with Crippen molar-refractivity contribution < 1.29 is 4.79 Å². The van der Waals surface area contributed by atoms with Crippen LogP contribution in [0, 0.1) is 13.8 Å². The molecule has 148 valence electrons. The van der Waals surface area contributed by atoms with Crippen molar-refractivity contribution in [3.8, 4) is 0 Å². The maximum atomic E-state index is 12.5. The van der Waals surface area contributed by atoms with Crippen LogP contribution in [0.15, 0.2) is 42.5 Å². The van der Waals surface area contributed by atoms with Crippen molar-refractivity contribution in [1.82, 2.24) is 9.80 Å². The Morgan fingerprint density at radius 2 is 1.61 bits per heavy atom. The lowest BCUT2D eigenvalue weighted by atomic mass is 10.1. The summed E-state index contributed by atoms with van der Waals surface area (Å²) in [5.41, 5.74) is 4.00. The average molecular weight is 417 g/mol. The van der Waals surface area contributed by atoms with Crippen molar-refractivity contribution in [2.45, 2.75) is 13.8 Å². The molecule has 0 aliphatic carbocycles. The molecule has 1 saturated heterocycles. The smallest absolute Gasteiger partial charge is 0.238 e. The highest BCUT2D eigenvalue weighted by molar-refractivity contribution is 7.80. The van der Waals surface area contributed by atoms with Crippen molar-refractivity contribution in [2.24, 2.45) is 0 Å². The molecule has 0 unspecified atom stereocenters. The van der Waals surface area contributed by atoms with Gasteiger partial charge < -0.3 is 15.5 Å². The molecule has 1 aliphatic rings. The molecule has 7 heteroatoms. The zero-order valence-corrected chi connectivity index (χ0v) is 17.7. The van der Waals surface area contributed by atoms with Gasteiger partial charge in [0.2, 0.25) is 5.91 Å². The van der Waals surface area contributed by atoms with Gasteiger partial charge in [-0.15, -0.1) is 0 Å². The predicted octanol–water partition coefficient (Wildman–Crippen LogP) is 3.91. The van der Waals surface area contributed by atoms with Gasteiger partial charge in [-0.3, -0.25) is 9.69 Å². The maximum absolute atomic E-state index is 12.5. The van der Waals surface area contributed by atoms with Gasteiger partial charge >= 0.3 is 0 Å². The quantitative estimate of drug-likeness (QED) is 0.740. The second-order valence-electron chi connectivity index (χ2n) is 7.02. The van der Waals surface area contributed by atoms with Crippen molar-refractivity contribution in [3.63, 3.8) is 0 Å². The molecule has 5 nitrogen and oxygen atoms in total. The minimum atomic E-state index is 0.0210. The SMILES string of the molecule is Cc1cccc(C)c1NC(=O)CN1CCN(C(=S)Nc2ccc(Cl)cc2)CC1. The standard InChI is InChI=1S/C21H25ClN4OS/c1-15-4-3-5-16(2)20(15)24-19(27)14-25-10-12-26(13-11-25)21(28)23-18-8-6-17(22)7-9-18/h3-9H,10-14H2,1-2H3,(H,23,28)(H,24,27). The summed E-state index contributed by atoms with van der Waals surface area (Å²) in [6.45, 7) is 7.57. The van der Waals surface area contributed by atoms with E-state index in [-0.39, 0.29) is 5.91 Å². The first kappa shape index (κ1) is 20.6. The molecule has 0 spiro atoms. The van der Waals surface area contributed by atoms with E-state index in [4.69, 9.17) is 23.8 Å². The topological polar surface area (TPSA) is 47.6 Å². The summed E-state index contributed by atoms with van der Waals surface area (Å²) >= 11 is 11.4. The number of carbonyl (C=O) groups is 1. The van der Waals surface area contributed by atoms with Crippen LogP contribution in [-0.4, -0.2) is 53.5 Å². The molecule has 1 aliphatic heterocycles. The molecule has 0 radical (unpaired) electrons. The average Bonchev–Trinajstić information content (AvgIpc) is 2.67. The number of anilines is 2. The summed E-state index contributed by atoms with van der Waals surface area (Å²) in [7, 11) is 0. The highest BCUT2D eigenvalue weighted by Crippen LogP contribution is 2.19. The number of nitrogens with zero attached hydrogens (tertiary/aromatic N) is 2. The van der Waals surface area contributed by atoms with E-state index in [1.165, 1.54) is 0 Å². The van der Waals surface area contributed by atoms with Crippen LogP contribution in [0.5, 0.6) is 0 Å². The number of hydrogen-bond acceptors (Lipinski definition) is 3. The Morgan fingerprint density at radius 1 is 1.00 bits per heavy atom. The molecule has 0 atom stereocenters. The highest BCUT2D eigenvalue weighted by atomic mass is 35.5. The molecule has 3 rings (SSSR count). The van der Waals surface area contributed by atoms with Crippen LogP contribution in [0.3, 0.4) is 0 Å². The van der Waals surface area contributed by atoms with E-state index in [1.54, 1.807) is 0 Å². The highest BCUT2D eigenvalue weighted by Gasteiger charge is 2.21. The lowest BCUT2D eigenvalue weighted by Gasteiger charge is -2.35. The molecule has 1 heterocycles. The normalized spacial score (nSPS) is 14.6. The summed E-state index contributed by atoms with van der Waals surface area (Å²) in [6, 6.07) is 13.5. The first-order chi connectivity index (χ1) is 13.4. The summed E-state index contributed by atoms with van der Waals surface area (Å²) in [6.07, 6.45) is 0. The van der Waals surface area contributed by atoms with E-state index in [0.717, 1.165) is 48.7 Å². The number of hydrogen-bond donors (Lipinski definition) is 2. The Labute approximate surface area is 176 Å². The minimum Gasteiger partial charge on any atom is -0.346 e. The number of piperazine rings is 1. The molecule has 2 aromatic carbocycles. The van der Waals surface area contributed by atoms with E-state index in [2.05, 4.69) is 20.4 Å².